The molecule has 0 aliphatic carbocycles. The van der Waals surface area contributed by atoms with E-state index in [9.17, 15) is 0 Å². The van der Waals surface area contributed by atoms with E-state index in [1.807, 2.05) is 26.0 Å². The molecule has 0 spiro atoms. The van der Waals surface area contributed by atoms with E-state index in [1.165, 1.54) is 49.4 Å². The third kappa shape index (κ3) is 4.34. The molecule has 170 valence electrons. The minimum absolute atomic E-state index is 0.762. The molecule has 0 aliphatic heterocycles. The van der Waals surface area contributed by atoms with Gasteiger partial charge in [0.2, 0.25) is 0 Å². The summed E-state index contributed by atoms with van der Waals surface area (Å²) < 4.78 is 0. The van der Waals surface area contributed by atoms with Crippen LogP contribution in [-0.4, -0.2) is 5.71 Å². The Morgan fingerprint density at radius 3 is 1.51 bits per heavy atom. The highest BCUT2D eigenvalue weighted by Crippen LogP contribution is 2.43. The van der Waals surface area contributed by atoms with Crippen LogP contribution in [0.3, 0.4) is 0 Å². The van der Waals surface area contributed by atoms with Crippen LogP contribution in [0.1, 0.15) is 25.0 Å². The molecule has 0 saturated heterocycles. The minimum atomic E-state index is 0.762. The molecule has 0 saturated carbocycles. The molecule has 35 heavy (non-hydrogen) atoms. The minimum Gasteiger partial charge on any atom is -0.254 e. The molecule has 0 heterocycles. The van der Waals surface area contributed by atoms with E-state index in [2.05, 4.69) is 116 Å². The molecule has 0 aromatic heterocycles. The molecule has 5 aromatic rings. The molecule has 0 atom stereocenters. The van der Waals surface area contributed by atoms with Crippen molar-refractivity contribution in [3.8, 4) is 22.3 Å². The third-order valence-electron chi connectivity index (χ3n) is 6.53. The third-order valence-corrected chi connectivity index (χ3v) is 6.53. The summed E-state index contributed by atoms with van der Waals surface area (Å²) in [7, 11) is 0. The van der Waals surface area contributed by atoms with E-state index < -0.39 is 0 Å². The lowest BCUT2D eigenvalue weighted by Crippen LogP contribution is -1.95. The lowest BCUT2D eigenvalue weighted by atomic mass is 9.85. The van der Waals surface area contributed by atoms with Crippen molar-refractivity contribution >= 4 is 27.3 Å². The van der Waals surface area contributed by atoms with E-state index in [-0.39, 0.29) is 0 Å². The van der Waals surface area contributed by atoms with Gasteiger partial charge in [0.1, 0.15) is 0 Å². The van der Waals surface area contributed by atoms with Gasteiger partial charge in [0.25, 0.3) is 0 Å². The SMILES string of the molecule is C=C(/C=C\C)N=C(C)c1ccc(-c2c3ccccc3c(-c3ccc(C)cc3)c3ccccc23)cc1. The average Bonchev–Trinajstić information content (AvgIpc) is 2.88. The van der Waals surface area contributed by atoms with Gasteiger partial charge in [-0.05, 0) is 76.2 Å². The Hall–Kier alpha value is -4.23. The first kappa shape index (κ1) is 22.6. The van der Waals surface area contributed by atoms with Crippen molar-refractivity contribution in [3.05, 3.63) is 133 Å². The molecular formula is C34H29N. The Labute approximate surface area is 207 Å². The topological polar surface area (TPSA) is 12.4 Å². The predicted molar refractivity (Wildman–Crippen MR) is 153 cm³/mol. The molecule has 0 radical (unpaired) electrons. The van der Waals surface area contributed by atoms with Crippen LogP contribution < -0.4 is 0 Å². The van der Waals surface area contributed by atoms with Gasteiger partial charge in [-0.15, -0.1) is 0 Å². The number of aliphatic imine (C=N–C) groups is 1. The zero-order valence-corrected chi connectivity index (χ0v) is 20.5. The molecule has 1 nitrogen and oxygen atoms in total. The molecule has 5 rings (SSSR count). The Bertz CT molecular complexity index is 1540. The summed E-state index contributed by atoms with van der Waals surface area (Å²) in [5.41, 5.74) is 9.11. The van der Waals surface area contributed by atoms with E-state index in [4.69, 9.17) is 0 Å². The molecule has 0 fully saturated rings. The maximum atomic E-state index is 4.63. The summed E-state index contributed by atoms with van der Waals surface area (Å²) in [6.07, 6.45) is 3.88. The lowest BCUT2D eigenvalue weighted by molar-refractivity contribution is 1.39. The maximum absolute atomic E-state index is 4.63. The van der Waals surface area contributed by atoms with Crippen LogP contribution in [0.5, 0.6) is 0 Å². The van der Waals surface area contributed by atoms with Crippen LogP contribution in [0.2, 0.25) is 0 Å². The second kappa shape index (κ2) is 9.56. The molecule has 0 amide bonds. The Morgan fingerprint density at radius 2 is 1.09 bits per heavy atom. The quantitative estimate of drug-likeness (QED) is 0.143. The van der Waals surface area contributed by atoms with Crippen LogP contribution in [-0.2, 0) is 0 Å². The van der Waals surface area contributed by atoms with Crippen LogP contribution >= 0.6 is 0 Å². The average molecular weight is 452 g/mol. The normalized spacial score (nSPS) is 12.0. The first-order valence-electron chi connectivity index (χ1n) is 12.0. The zero-order valence-electron chi connectivity index (χ0n) is 20.5. The van der Waals surface area contributed by atoms with Gasteiger partial charge < -0.3 is 0 Å². The van der Waals surface area contributed by atoms with Crippen molar-refractivity contribution in [2.24, 2.45) is 4.99 Å². The van der Waals surface area contributed by atoms with E-state index in [1.54, 1.807) is 0 Å². The smallest absolute Gasteiger partial charge is 0.0558 e. The van der Waals surface area contributed by atoms with Crippen molar-refractivity contribution in [2.45, 2.75) is 20.8 Å². The van der Waals surface area contributed by atoms with Gasteiger partial charge in [-0.1, -0.05) is 115 Å². The summed E-state index contributed by atoms with van der Waals surface area (Å²) >= 11 is 0. The fourth-order valence-corrected chi connectivity index (χ4v) is 4.86. The van der Waals surface area contributed by atoms with Gasteiger partial charge in [0, 0.05) is 5.71 Å². The Kier molecular flexibility index (Phi) is 6.16. The van der Waals surface area contributed by atoms with Crippen LogP contribution in [0, 0.1) is 6.92 Å². The molecule has 0 unspecified atom stereocenters. The second-order valence-electron chi connectivity index (χ2n) is 8.97. The summed E-state index contributed by atoms with van der Waals surface area (Å²) in [5.74, 6) is 0. The van der Waals surface area contributed by atoms with Crippen molar-refractivity contribution < 1.29 is 0 Å². The summed E-state index contributed by atoms with van der Waals surface area (Å²) in [6.45, 7) is 10.1. The molecule has 5 aromatic carbocycles. The van der Waals surface area contributed by atoms with E-state index in [0.717, 1.165) is 17.0 Å². The highest BCUT2D eigenvalue weighted by Gasteiger charge is 2.16. The van der Waals surface area contributed by atoms with Gasteiger partial charge >= 0.3 is 0 Å². The number of fused-ring (bicyclic) bond motifs is 2. The second-order valence-corrected chi connectivity index (χ2v) is 8.97. The van der Waals surface area contributed by atoms with Crippen molar-refractivity contribution in [1.82, 2.24) is 0 Å². The fourth-order valence-electron chi connectivity index (χ4n) is 4.86. The number of hydrogen-bond acceptors (Lipinski definition) is 1. The number of rotatable bonds is 5. The maximum Gasteiger partial charge on any atom is 0.0558 e. The summed E-state index contributed by atoms with van der Waals surface area (Å²) in [4.78, 5) is 4.63. The van der Waals surface area contributed by atoms with E-state index >= 15 is 0 Å². The van der Waals surface area contributed by atoms with Gasteiger partial charge in [-0.3, -0.25) is 4.99 Å². The van der Waals surface area contributed by atoms with Gasteiger partial charge in [-0.2, -0.15) is 0 Å². The first-order chi connectivity index (χ1) is 17.1. The zero-order chi connectivity index (χ0) is 24.4. The molecule has 0 bridgehead atoms. The Morgan fingerprint density at radius 1 is 0.657 bits per heavy atom. The monoisotopic (exact) mass is 451 g/mol. The Balaban J connectivity index is 1.73. The van der Waals surface area contributed by atoms with Gasteiger partial charge in [-0.25, -0.2) is 0 Å². The first-order valence-corrected chi connectivity index (χ1v) is 12.0. The van der Waals surface area contributed by atoms with Crippen LogP contribution in [0.25, 0.3) is 43.8 Å². The standard InChI is InChI=1S/C34H29N/c1-5-10-24(3)35-25(4)26-19-21-28(22-20-26)34-31-13-8-6-11-29(31)33(27-17-15-23(2)16-18-27)30-12-7-9-14-32(30)34/h5-22H,3H2,1-2,4H3/b10-5-,35-25?. The van der Waals surface area contributed by atoms with Crippen molar-refractivity contribution in [3.63, 3.8) is 0 Å². The number of allylic oxidation sites excluding steroid dienone is 2. The number of nitrogens with zero attached hydrogens (tertiary/aromatic N) is 1. The molecule has 1 heteroatoms. The highest BCUT2D eigenvalue weighted by atomic mass is 14.7. The van der Waals surface area contributed by atoms with Crippen LogP contribution in [0.4, 0.5) is 0 Å². The van der Waals surface area contributed by atoms with Crippen LogP contribution in [0.15, 0.2) is 126 Å². The van der Waals surface area contributed by atoms with E-state index in [0.29, 0.717) is 0 Å². The molecule has 0 aliphatic rings. The highest BCUT2D eigenvalue weighted by molar-refractivity contribution is 6.21. The summed E-state index contributed by atoms with van der Waals surface area (Å²) in [6, 6.07) is 35.2. The number of benzene rings is 5. The predicted octanol–water partition coefficient (Wildman–Crippen LogP) is 9.53. The molecule has 0 N–H and O–H groups in total. The largest absolute Gasteiger partial charge is 0.254 e. The lowest BCUT2D eigenvalue weighted by Gasteiger charge is -2.18. The summed E-state index contributed by atoms with van der Waals surface area (Å²) in [5, 5.41) is 5.08. The number of hydrogen-bond donors (Lipinski definition) is 0. The van der Waals surface area contributed by atoms with Gasteiger partial charge in [0.15, 0.2) is 0 Å². The number of aryl methyl sites for hydroxylation is 1. The molecular weight excluding hydrogens is 422 g/mol. The van der Waals surface area contributed by atoms with Gasteiger partial charge in [0.05, 0.1) is 5.70 Å². The van der Waals surface area contributed by atoms with Crippen molar-refractivity contribution in [1.29, 1.82) is 0 Å². The fraction of sp³-hybridized carbons (Fsp3) is 0.0882. The van der Waals surface area contributed by atoms with Crippen molar-refractivity contribution in [2.75, 3.05) is 0 Å².